The van der Waals surface area contributed by atoms with Gasteiger partial charge in [-0.15, -0.1) is 0 Å². The van der Waals surface area contributed by atoms with Crippen molar-refractivity contribution >= 4 is 11.3 Å². The average Bonchev–Trinajstić information content (AvgIpc) is 2.95. The molecule has 4 nitrogen and oxygen atoms in total. The minimum Gasteiger partial charge on any atom is -0.508 e. The van der Waals surface area contributed by atoms with E-state index in [1.54, 1.807) is 43.6 Å². The van der Waals surface area contributed by atoms with E-state index in [2.05, 4.69) is 5.32 Å². The minimum absolute atomic E-state index is 0.216. The molecule has 0 fully saturated rings. The van der Waals surface area contributed by atoms with Gasteiger partial charge in [-0.05, 0) is 47.5 Å². The smallest absolute Gasteiger partial charge is 0.120 e. The molecule has 2 aromatic rings. The molecule has 1 aromatic carbocycles. The Morgan fingerprint density at radius 1 is 1.35 bits per heavy atom. The molecular formula is C15H19NO3S. The first-order valence-corrected chi connectivity index (χ1v) is 7.29. The van der Waals surface area contributed by atoms with E-state index < -0.39 is 5.60 Å². The largest absolute Gasteiger partial charge is 0.508 e. The Morgan fingerprint density at radius 3 is 2.80 bits per heavy atom. The molecule has 0 spiro atoms. The fraction of sp³-hybridized carbons (Fsp3) is 0.333. The first-order valence-electron chi connectivity index (χ1n) is 6.34. The third-order valence-electron chi connectivity index (χ3n) is 3.21. The summed E-state index contributed by atoms with van der Waals surface area (Å²) in [6.07, 6.45) is 0. The topological polar surface area (TPSA) is 61.7 Å². The molecule has 1 heterocycles. The lowest BCUT2D eigenvalue weighted by Crippen LogP contribution is -2.34. The molecule has 0 saturated heterocycles. The molecule has 0 amide bonds. The third kappa shape index (κ3) is 3.50. The van der Waals surface area contributed by atoms with E-state index in [4.69, 9.17) is 4.74 Å². The summed E-state index contributed by atoms with van der Waals surface area (Å²) in [6.45, 7) is 2.64. The van der Waals surface area contributed by atoms with Gasteiger partial charge in [-0.25, -0.2) is 0 Å². The van der Waals surface area contributed by atoms with Gasteiger partial charge in [0.1, 0.15) is 11.5 Å². The molecule has 2 rings (SSSR count). The van der Waals surface area contributed by atoms with Crippen LogP contribution in [-0.4, -0.2) is 23.9 Å². The monoisotopic (exact) mass is 293 g/mol. The normalized spacial score (nSPS) is 13.9. The van der Waals surface area contributed by atoms with Crippen LogP contribution in [0, 0.1) is 0 Å². The number of ether oxygens (including phenoxy) is 1. The average molecular weight is 293 g/mol. The van der Waals surface area contributed by atoms with Crippen LogP contribution in [0.15, 0.2) is 35.0 Å². The number of thiophene rings is 1. The van der Waals surface area contributed by atoms with Gasteiger partial charge in [0, 0.05) is 18.7 Å². The highest BCUT2D eigenvalue weighted by atomic mass is 32.1. The van der Waals surface area contributed by atoms with Gasteiger partial charge < -0.3 is 20.3 Å². The number of hydrogen-bond donors (Lipinski definition) is 3. The maximum absolute atomic E-state index is 10.4. The highest BCUT2D eigenvalue weighted by Crippen LogP contribution is 2.24. The van der Waals surface area contributed by atoms with Crippen molar-refractivity contribution in [2.45, 2.75) is 19.1 Å². The first-order chi connectivity index (χ1) is 9.53. The molecule has 0 radical (unpaired) electrons. The Morgan fingerprint density at radius 2 is 2.15 bits per heavy atom. The van der Waals surface area contributed by atoms with Gasteiger partial charge in [0.2, 0.25) is 0 Å². The van der Waals surface area contributed by atoms with Crippen LogP contribution >= 0.6 is 11.3 Å². The van der Waals surface area contributed by atoms with Gasteiger partial charge in [0.05, 0.1) is 12.7 Å². The summed E-state index contributed by atoms with van der Waals surface area (Å²) >= 11 is 1.56. The lowest BCUT2D eigenvalue weighted by Gasteiger charge is -2.23. The number of nitrogens with one attached hydrogen (secondary N) is 1. The molecule has 5 heteroatoms. The van der Waals surface area contributed by atoms with Crippen molar-refractivity contribution in [3.8, 4) is 11.5 Å². The summed E-state index contributed by atoms with van der Waals surface area (Å²) in [4.78, 5) is 0. The van der Waals surface area contributed by atoms with Crippen LogP contribution in [0.3, 0.4) is 0 Å². The van der Waals surface area contributed by atoms with Crippen LogP contribution in [0.25, 0.3) is 0 Å². The van der Waals surface area contributed by atoms with Crippen LogP contribution in [-0.2, 0) is 12.1 Å². The molecular weight excluding hydrogens is 274 g/mol. The van der Waals surface area contributed by atoms with Gasteiger partial charge in [0.25, 0.3) is 0 Å². The maximum atomic E-state index is 10.4. The van der Waals surface area contributed by atoms with Gasteiger partial charge in [-0.3, -0.25) is 0 Å². The molecule has 0 bridgehead atoms. The third-order valence-corrected chi connectivity index (χ3v) is 3.90. The van der Waals surface area contributed by atoms with Crippen molar-refractivity contribution < 1.29 is 14.9 Å². The lowest BCUT2D eigenvalue weighted by molar-refractivity contribution is 0.0570. The van der Waals surface area contributed by atoms with Crippen LogP contribution in [0.4, 0.5) is 0 Å². The number of rotatable bonds is 6. The van der Waals surface area contributed by atoms with Crippen molar-refractivity contribution in [3.63, 3.8) is 0 Å². The highest BCUT2D eigenvalue weighted by Gasteiger charge is 2.22. The molecule has 1 atom stereocenters. The van der Waals surface area contributed by atoms with E-state index in [9.17, 15) is 10.2 Å². The molecule has 1 aromatic heterocycles. The molecule has 3 N–H and O–H groups in total. The molecule has 0 saturated carbocycles. The fourth-order valence-electron chi connectivity index (χ4n) is 1.94. The Hall–Kier alpha value is -1.56. The zero-order valence-corrected chi connectivity index (χ0v) is 12.4. The number of aliphatic hydroxyl groups is 1. The number of phenols is 1. The molecule has 0 aliphatic heterocycles. The van der Waals surface area contributed by atoms with Crippen molar-refractivity contribution in [1.29, 1.82) is 0 Å². The summed E-state index contributed by atoms with van der Waals surface area (Å²) in [5, 5.41) is 27.2. The SMILES string of the molecule is COc1ccc(O)c(CNCC(C)(O)c2ccsc2)c1. The standard InChI is InChI=1S/C15H19NO3S/c1-15(18,12-5-6-20-9-12)10-16-8-11-7-13(19-2)3-4-14(11)17/h3-7,9,16-18H,8,10H2,1-2H3. The second-order valence-corrected chi connectivity index (χ2v) is 5.66. The number of methoxy groups -OCH3 is 1. The van der Waals surface area contributed by atoms with Crippen molar-refractivity contribution in [3.05, 3.63) is 46.2 Å². The molecule has 0 aliphatic carbocycles. The Bertz CT molecular complexity index is 552. The zero-order valence-electron chi connectivity index (χ0n) is 11.6. The second-order valence-electron chi connectivity index (χ2n) is 4.88. The Balaban J connectivity index is 1.96. The van der Waals surface area contributed by atoms with E-state index in [-0.39, 0.29) is 5.75 Å². The first kappa shape index (κ1) is 14.8. The van der Waals surface area contributed by atoms with E-state index in [0.717, 1.165) is 11.1 Å². The van der Waals surface area contributed by atoms with E-state index in [0.29, 0.717) is 18.8 Å². The number of benzene rings is 1. The van der Waals surface area contributed by atoms with Crippen LogP contribution in [0.5, 0.6) is 11.5 Å². The summed E-state index contributed by atoms with van der Waals surface area (Å²) < 4.78 is 5.13. The number of hydrogen-bond acceptors (Lipinski definition) is 5. The van der Waals surface area contributed by atoms with Crippen molar-refractivity contribution in [2.75, 3.05) is 13.7 Å². The molecule has 1 unspecified atom stereocenters. The second kappa shape index (κ2) is 6.26. The van der Waals surface area contributed by atoms with Gasteiger partial charge in [-0.1, -0.05) is 0 Å². The van der Waals surface area contributed by atoms with Gasteiger partial charge >= 0.3 is 0 Å². The van der Waals surface area contributed by atoms with Gasteiger partial charge in [-0.2, -0.15) is 11.3 Å². The zero-order chi connectivity index (χ0) is 14.6. The predicted octanol–water partition coefficient (Wildman–Crippen LogP) is 2.46. The summed E-state index contributed by atoms with van der Waals surface area (Å²) in [7, 11) is 1.59. The Labute approximate surface area is 122 Å². The summed E-state index contributed by atoms with van der Waals surface area (Å²) in [5.41, 5.74) is 0.712. The number of phenolic OH excluding ortho intramolecular Hbond substituents is 1. The predicted molar refractivity (Wildman–Crippen MR) is 80.3 cm³/mol. The molecule has 108 valence electrons. The minimum atomic E-state index is -0.922. The van der Waals surface area contributed by atoms with Crippen LogP contribution < -0.4 is 10.1 Å². The lowest BCUT2D eigenvalue weighted by atomic mass is 9.99. The van der Waals surface area contributed by atoms with E-state index >= 15 is 0 Å². The quantitative estimate of drug-likeness (QED) is 0.765. The van der Waals surface area contributed by atoms with E-state index in [1.807, 2.05) is 16.8 Å². The van der Waals surface area contributed by atoms with E-state index in [1.165, 1.54) is 0 Å². The maximum Gasteiger partial charge on any atom is 0.120 e. The highest BCUT2D eigenvalue weighted by molar-refractivity contribution is 7.08. The van der Waals surface area contributed by atoms with Crippen LogP contribution in [0.1, 0.15) is 18.1 Å². The fourth-order valence-corrected chi connectivity index (χ4v) is 2.73. The molecule has 0 aliphatic rings. The van der Waals surface area contributed by atoms with Crippen molar-refractivity contribution in [2.24, 2.45) is 0 Å². The van der Waals surface area contributed by atoms with Gasteiger partial charge in [0.15, 0.2) is 0 Å². The Kier molecular flexibility index (Phi) is 4.65. The summed E-state index contributed by atoms with van der Waals surface area (Å²) in [5.74, 6) is 0.915. The summed E-state index contributed by atoms with van der Waals surface area (Å²) in [6, 6.07) is 7.00. The van der Waals surface area contributed by atoms with Crippen LogP contribution in [0.2, 0.25) is 0 Å². The number of aromatic hydroxyl groups is 1. The van der Waals surface area contributed by atoms with Crippen molar-refractivity contribution in [1.82, 2.24) is 5.32 Å². The molecule has 20 heavy (non-hydrogen) atoms.